The van der Waals surface area contributed by atoms with Crippen molar-refractivity contribution in [3.63, 3.8) is 0 Å². The van der Waals surface area contributed by atoms with E-state index in [-0.39, 0.29) is 0 Å². The highest BCUT2D eigenvalue weighted by molar-refractivity contribution is 5.54. The smallest absolute Gasteiger partial charge is 0.129 e. The van der Waals surface area contributed by atoms with E-state index in [1.54, 1.807) is 12.3 Å². The number of hydrogen-bond acceptors (Lipinski definition) is 1. The van der Waals surface area contributed by atoms with E-state index in [9.17, 15) is 0 Å². The van der Waals surface area contributed by atoms with Gasteiger partial charge in [0.25, 0.3) is 0 Å². The highest BCUT2D eigenvalue weighted by Gasteiger charge is 2.01. The van der Waals surface area contributed by atoms with Crippen molar-refractivity contribution in [3.05, 3.63) is 29.1 Å². The van der Waals surface area contributed by atoms with Gasteiger partial charge in [0.1, 0.15) is 5.69 Å². The molecule has 1 aromatic rings. The number of hydrogen-bond donors (Lipinski definition) is 0. The molecule has 54 valence electrons. The van der Waals surface area contributed by atoms with Gasteiger partial charge in [0.15, 0.2) is 0 Å². The van der Waals surface area contributed by atoms with Gasteiger partial charge < -0.3 is 0 Å². The first kappa shape index (κ1) is 7.93. The first-order chi connectivity index (χ1) is 5.83. The maximum absolute atomic E-state index is 5.22. The third kappa shape index (κ3) is 1.15. The van der Waals surface area contributed by atoms with Gasteiger partial charge in [-0.25, -0.2) is 4.98 Å². The summed E-state index contributed by atoms with van der Waals surface area (Å²) in [5.74, 6) is 7.23. The van der Waals surface area contributed by atoms with Crippen molar-refractivity contribution in [1.29, 1.82) is 0 Å². The Bertz CT molecular complexity index is 390. The van der Waals surface area contributed by atoms with Crippen LogP contribution in [0.25, 0.3) is 0 Å². The Labute approximate surface area is 71.8 Å². The van der Waals surface area contributed by atoms with Crippen LogP contribution in [0.15, 0.2) is 12.3 Å². The van der Waals surface area contributed by atoms with Crippen LogP contribution >= 0.6 is 0 Å². The zero-order valence-electron chi connectivity index (χ0n) is 6.33. The standard InChI is InChI=1S/C11H5N/c1-4-9-7-8-12-11(6-3)10(9)5-2/h1-3,7-8H. The average Bonchev–Trinajstić information content (AvgIpc) is 2.16. The molecule has 0 aliphatic rings. The molecule has 1 nitrogen and oxygen atoms in total. The van der Waals surface area contributed by atoms with Crippen LogP contribution in [0.1, 0.15) is 16.8 Å². The van der Waals surface area contributed by atoms with Gasteiger partial charge in [0, 0.05) is 11.8 Å². The quantitative estimate of drug-likeness (QED) is 0.504. The van der Waals surface area contributed by atoms with Crippen molar-refractivity contribution in [3.8, 4) is 37.0 Å². The summed E-state index contributed by atoms with van der Waals surface area (Å²) < 4.78 is 0. The van der Waals surface area contributed by atoms with E-state index in [2.05, 4.69) is 22.7 Å². The van der Waals surface area contributed by atoms with Crippen LogP contribution in [-0.2, 0) is 0 Å². The van der Waals surface area contributed by atoms with Crippen molar-refractivity contribution in [2.45, 2.75) is 0 Å². The summed E-state index contributed by atoms with van der Waals surface area (Å²) in [6, 6.07) is 1.66. The molecule has 0 saturated heterocycles. The number of rotatable bonds is 0. The first-order valence-electron chi connectivity index (χ1n) is 3.22. The van der Waals surface area contributed by atoms with Crippen molar-refractivity contribution >= 4 is 0 Å². The van der Waals surface area contributed by atoms with E-state index in [1.807, 2.05) is 0 Å². The lowest BCUT2D eigenvalue weighted by atomic mass is 10.1. The minimum atomic E-state index is 0.424. The van der Waals surface area contributed by atoms with Crippen LogP contribution in [0.5, 0.6) is 0 Å². The number of terminal acetylenes is 3. The van der Waals surface area contributed by atoms with E-state index in [4.69, 9.17) is 19.3 Å². The predicted molar refractivity (Wildman–Crippen MR) is 48.0 cm³/mol. The number of nitrogens with zero attached hydrogens (tertiary/aromatic N) is 1. The van der Waals surface area contributed by atoms with Gasteiger partial charge in [0.05, 0.1) is 5.56 Å². The highest BCUT2D eigenvalue weighted by atomic mass is 14.7. The van der Waals surface area contributed by atoms with Gasteiger partial charge in [0.2, 0.25) is 0 Å². The van der Waals surface area contributed by atoms with Crippen molar-refractivity contribution in [2.75, 3.05) is 0 Å². The monoisotopic (exact) mass is 151 g/mol. The van der Waals surface area contributed by atoms with Crippen molar-refractivity contribution in [2.24, 2.45) is 0 Å². The molecule has 0 unspecified atom stereocenters. The molecule has 1 aromatic heterocycles. The highest BCUT2D eigenvalue weighted by Crippen LogP contribution is 2.08. The van der Waals surface area contributed by atoms with Crippen LogP contribution in [0, 0.1) is 37.0 Å². The van der Waals surface area contributed by atoms with E-state index < -0.39 is 0 Å². The molecule has 0 atom stereocenters. The molecular weight excluding hydrogens is 146 g/mol. The second-order valence-corrected chi connectivity index (χ2v) is 2.02. The lowest BCUT2D eigenvalue weighted by molar-refractivity contribution is 1.26. The molecule has 0 aliphatic carbocycles. The normalized spacial score (nSPS) is 7.75. The fraction of sp³-hybridized carbons (Fsp3) is 0. The van der Waals surface area contributed by atoms with Gasteiger partial charge in [-0.2, -0.15) is 0 Å². The average molecular weight is 151 g/mol. The zero-order valence-corrected chi connectivity index (χ0v) is 6.33. The fourth-order valence-corrected chi connectivity index (χ4v) is 0.838. The van der Waals surface area contributed by atoms with Crippen LogP contribution < -0.4 is 0 Å². The SMILES string of the molecule is C#Cc1ccnc(C#C)c1C#C. The van der Waals surface area contributed by atoms with Crippen LogP contribution in [0.3, 0.4) is 0 Å². The molecule has 12 heavy (non-hydrogen) atoms. The van der Waals surface area contributed by atoms with Crippen molar-refractivity contribution < 1.29 is 0 Å². The maximum Gasteiger partial charge on any atom is 0.129 e. The second kappa shape index (κ2) is 3.29. The fourth-order valence-electron chi connectivity index (χ4n) is 0.838. The molecule has 0 N–H and O–H groups in total. The summed E-state index contributed by atoms with van der Waals surface area (Å²) in [7, 11) is 0. The summed E-state index contributed by atoms with van der Waals surface area (Å²) >= 11 is 0. The molecule has 1 heteroatoms. The van der Waals surface area contributed by atoms with Gasteiger partial charge >= 0.3 is 0 Å². The summed E-state index contributed by atoms with van der Waals surface area (Å²) in [5.41, 5.74) is 1.55. The Morgan fingerprint density at radius 1 is 1.08 bits per heavy atom. The molecule has 0 aliphatic heterocycles. The summed E-state index contributed by atoms with van der Waals surface area (Å²) in [6.45, 7) is 0. The molecule has 0 aromatic carbocycles. The Hall–Kier alpha value is -2.17. The molecule has 0 fully saturated rings. The summed E-state index contributed by atoms with van der Waals surface area (Å²) in [5, 5.41) is 0. The lowest BCUT2D eigenvalue weighted by Crippen LogP contribution is -1.92. The number of aromatic nitrogens is 1. The molecular formula is C11H5N. The number of pyridine rings is 1. The Kier molecular flexibility index (Phi) is 2.17. The molecule has 0 spiro atoms. The van der Waals surface area contributed by atoms with Crippen molar-refractivity contribution in [1.82, 2.24) is 4.98 Å². The van der Waals surface area contributed by atoms with Gasteiger partial charge in [-0.05, 0) is 12.0 Å². The third-order valence-electron chi connectivity index (χ3n) is 1.39. The summed E-state index contributed by atoms with van der Waals surface area (Å²) in [4.78, 5) is 3.90. The topological polar surface area (TPSA) is 12.9 Å². The Morgan fingerprint density at radius 3 is 2.33 bits per heavy atom. The molecule has 0 radical (unpaired) electrons. The Morgan fingerprint density at radius 2 is 1.83 bits per heavy atom. The molecule has 0 amide bonds. The largest absolute Gasteiger partial charge is 0.246 e. The molecule has 0 bridgehead atoms. The third-order valence-corrected chi connectivity index (χ3v) is 1.39. The van der Waals surface area contributed by atoms with Crippen LogP contribution in [-0.4, -0.2) is 4.98 Å². The molecule has 1 rings (SSSR count). The van der Waals surface area contributed by atoms with E-state index in [1.165, 1.54) is 0 Å². The van der Waals surface area contributed by atoms with E-state index >= 15 is 0 Å². The second-order valence-electron chi connectivity index (χ2n) is 2.02. The first-order valence-corrected chi connectivity index (χ1v) is 3.22. The molecule has 1 heterocycles. The minimum Gasteiger partial charge on any atom is -0.246 e. The van der Waals surface area contributed by atoms with Gasteiger partial charge in [-0.15, -0.1) is 19.3 Å². The van der Waals surface area contributed by atoms with Gasteiger partial charge in [-0.3, -0.25) is 0 Å². The lowest BCUT2D eigenvalue weighted by Gasteiger charge is -1.97. The summed E-state index contributed by atoms with van der Waals surface area (Å²) in [6.07, 6.45) is 17.1. The van der Waals surface area contributed by atoms with Crippen LogP contribution in [0.4, 0.5) is 0 Å². The Balaban J connectivity index is 3.51. The van der Waals surface area contributed by atoms with E-state index in [0.29, 0.717) is 16.8 Å². The zero-order chi connectivity index (χ0) is 8.97. The van der Waals surface area contributed by atoms with Gasteiger partial charge in [-0.1, -0.05) is 11.8 Å². The maximum atomic E-state index is 5.22. The molecule has 0 saturated carbocycles. The predicted octanol–water partition coefficient (Wildman–Crippen LogP) is 1.03. The van der Waals surface area contributed by atoms with Crippen LogP contribution in [0.2, 0.25) is 0 Å². The van der Waals surface area contributed by atoms with E-state index in [0.717, 1.165) is 0 Å². The minimum absolute atomic E-state index is 0.424.